The molecule has 0 fully saturated rings. The highest BCUT2D eigenvalue weighted by molar-refractivity contribution is 7.98. The van der Waals surface area contributed by atoms with E-state index >= 15 is 0 Å². The number of hydrogen-bond acceptors (Lipinski definition) is 6. The van der Waals surface area contributed by atoms with Gasteiger partial charge in [-0.3, -0.25) is 9.78 Å². The number of nitrogens with zero attached hydrogens (tertiary/aromatic N) is 3. The van der Waals surface area contributed by atoms with Gasteiger partial charge in [-0.2, -0.15) is 0 Å². The molecule has 4 aromatic rings. The van der Waals surface area contributed by atoms with E-state index in [9.17, 15) is 4.79 Å². The third kappa shape index (κ3) is 3.75. The van der Waals surface area contributed by atoms with Gasteiger partial charge < -0.3 is 9.84 Å². The molecule has 0 aliphatic carbocycles. The Balaban J connectivity index is 1.58. The Labute approximate surface area is 166 Å². The molecule has 140 valence electrons. The first-order valence-electron chi connectivity index (χ1n) is 8.77. The SMILES string of the molecule is Cc1cc(CSc2ncccc2C(=O)Nc2ccc(C)c3ncccc23)no1. The molecule has 0 saturated heterocycles. The number of rotatable bonds is 5. The van der Waals surface area contributed by atoms with Crippen molar-refractivity contribution in [3.63, 3.8) is 0 Å². The third-order valence-corrected chi connectivity index (χ3v) is 5.31. The number of carbonyl (C=O) groups is 1. The fourth-order valence-electron chi connectivity index (χ4n) is 2.92. The molecule has 0 radical (unpaired) electrons. The van der Waals surface area contributed by atoms with Gasteiger partial charge in [0, 0.05) is 29.6 Å². The van der Waals surface area contributed by atoms with E-state index in [1.165, 1.54) is 11.8 Å². The number of carbonyl (C=O) groups excluding carboxylic acids is 1. The molecular formula is C21H18N4O2S. The van der Waals surface area contributed by atoms with Crippen LogP contribution >= 0.6 is 11.8 Å². The fourth-order valence-corrected chi connectivity index (χ4v) is 3.79. The van der Waals surface area contributed by atoms with Gasteiger partial charge in [-0.25, -0.2) is 4.98 Å². The lowest BCUT2D eigenvalue weighted by Gasteiger charge is -2.11. The molecule has 1 N–H and O–H groups in total. The van der Waals surface area contributed by atoms with Crippen LogP contribution in [0.5, 0.6) is 0 Å². The molecule has 7 heteroatoms. The zero-order chi connectivity index (χ0) is 19.5. The number of nitrogens with one attached hydrogen (secondary N) is 1. The molecule has 0 aliphatic rings. The Morgan fingerprint density at radius 3 is 2.75 bits per heavy atom. The van der Waals surface area contributed by atoms with E-state index in [-0.39, 0.29) is 5.91 Å². The zero-order valence-corrected chi connectivity index (χ0v) is 16.3. The summed E-state index contributed by atoms with van der Waals surface area (Å²) >= 11 is 1.45. The summed E-state index contributed by atoms with van der Waals surface area (Å²) in [7, 11) is 0. The van der Waals surface area contributed by atoms with Crippen LogP contribution in [0.2, 0.25) is 0 Å². The highest BCUT2D eigenvalue weighted by Gasteiger charge is 2.15. The van der Waals surface area contributed by atoms with Gasteiger partial charge in [0.2, 0.25) is 0 Å². The lowest BCUT2D eigenvalue weighted by atomic mass is 10.1. The van der Waals surface area contributed by atoms with Crippen molar-refractivity contribution in [1.29, 1.82) is 0 Å². The maximum atomic E-state index is 13.0. The standard InChI is InChI=1S/C21H18N4O2S/c1-13-7-8-18(16-5-3-9-22-19(13)16)24-20(26)17-6-4-10-23-21(17)28-12-15-11-14(2)27-25-15/h3-11H,12H2,1-2H3,(H,24,26). The second-order valence-electron chi connectivity index (χ2n) is 6.36. The van der Waals surface area contributed by atoms with Gasteiger partial charge in [-0.05, 0) is 49.7 Å². The largest absolute Gasteiger partial charge is 0.361 e. The average molecular weight is 390 g/mol. The van der Waals surface area contributed by atoms with E-state index in [1.54, 1.807) is 24.5 Å². The lowest BCUT2D eigenvalue weighted by molar-refractivity contribution is 0.102. The Kier molecular flexibility index (Phi) is 5.08. The van der Waals surface area contributed by atoms with Crippen LogP contribution in [0.15, 0.2) is 64.4 Å². The summed E-state index contributed by atoms with van der Waals surface area (Å²) in [6, 6.07) is 13.1. The first kappa shape index (κ1) is 18.2. The zero-order valence-electron chi connectivity index (χ0n) is 15.5. The molecule has 4 rings (SSSR count). The maximum Gasteiger partial charge on any atom is 0.258 e. The van der Waals surface area contributed by atoms with E-state index in [1.807, 2.05) is 44.2 Å². The van der Waals surface area contributed by atoms with Crippen LogP contribution in [0.4, 0.5) is 5.69 Å². The van der Waals surface area contributed by atoms with Gasteiger partial charge in [-0.1, -0.05) is 23.0 Å². The first-order chi connectivity index (χ1) is 13.6. The molecule has 1 amide bonds. The van der Waals surface area contributed by atoms with Gasteiger partial charge >= 0.3 is 0 Å². The molecule has 28 heavy (non-hydrogen) atoms. The molecule has 3 aromatic heterocycles. The first-order valence-corrected chi connectivity index (χ1v) is 9.76. The minimum atomic E-state index is -0.207. The number of aromatic nitrogens is 3. The van der Waals surface area contributed by atoms with E-state index in [0.717, 1.165) is 33.6 Å². The monoisotopic (exact) mass is 390 g/mol. The van der Waals surface area contributed by atoms with E-state index in [2.05, 4.69) is 20.4 Å². The average Bonchev–Trinajstić information content (AvgIpc) is 3.14. The molecule has 0 aliphatic heterocycles. The van der Waals surface area contributed by atoms with Crippen LogP contribution in [0.1, 0.15) is 27.4 Å². The summed E-state index contributed by atoms with van der Waals surface area (Å²) in [5.74, 6) is 1.13. The molecule has 0 spiro atoms. The molecule has 0 atom stereocenters. The van der Waals surface area contributed by atoms with Crippen molar-refractivity contribution in [2.45, 2.75) is 24.6 Å². The maximum absolute atomic E-state index is 13.0. The summed E-state index contributed by atoms with van der Waals surface area (Å²) in [4.78, 5) is 21.8. The Morgan fingerprint density at radius 2 is 1.93 bits per heavy atom. The van der Waals surface area contributed by atoms with Crippen LogP contribution in [0.25, 0.3) is 10.9 Å². The number of fused-ring (bicyclic) bond motifs is 1. The normalized spacial score (nSPS) is 10.9. The van der Waals surface area contributed by atoms with Crippen LogP contribution in [-0.4, -0.2) is 21.0 Å². The van der Waals surface area contributed by atoms with Crippen molar-refractivity contribution in [1.82, 2.24) is 15.1 Å². The smallest absolute Gasteiger partial charge is 0.258 e. The topological polar surface area (TPSA) is 80.9 Å². The van der Waals surface area contributed by atoms with Crippen molar-refractivity contribution in [2.24, 2.45) is 0 Å². The van der Waals surface area contributed by atoms with Crippen molar-refractivity contribution in [2.75, 3.05) is 5.32 Å². The predicted octanol–water partition coefficient (Wildman–Crippen LogP) is 4.78. The summed E-state index contributed by atoms with van der Waals surface area (Å²) in [6.07, 6.45) is 3.43. The van der Waals surface area contributed by atoms with E-state index < -0.39 is 0 Å². The number of pyridine rings is 2. The Hall–Kier alpha value is -3.19. The molecule has 0 saturated carbocycles. The number of aryl methyl sites for hydroxylation is 2. The fraction of sp³-hybridized carbons (Fsp3) is 0.143. The number of amides is 1. The van der Waals surface area contributed by atoms with Crippen LogP contribution in [0, 0.1) is 13.8 Å². The van der Waals surface area contributed by atoms with Crippen LogP contribution in [0.3, 0.4) is 0 Å². The summed E-state index contributed by atoms with van der Waals surface area (Å²) in [5.41, 5.74) is 4.00. The summed E-state index contributed by atoms with van der Waals surface area (Å²) in [6.45, 7) is 3.85. The van der Waals surface area contributed by atoms with Crippen LogP contribution < -0.4 is 5.32 Å². The van der Waals surface area contributed by atoms with Gasteiger partial charge in [-0.15, -0.1) is 0 Å². The molecule has 0 bridgehead atoms. The second kappa shape index (κ2) is 7.82. The predicted molar refractivity (Wildman–Crippen MR) is 109 cm³/mol. The minimum absolute atomic E-state index is 0.207. The van der Waals surface area contributed by atoms with Crippen molar-refractivity contribution >= 4 is 34.3 Å². The van der Waals surface area contributed by atoms with Crippen molar-refractivity contribution in [3.8, 4) is 0 Å². The van der Waals surface area contributed by atoms with Gasteiger partial charge in [0.05, 0.1) is 22.5 Å². The molecule has 1 aromatic carbocycles. The van der Waals surface area contributed by atoms with E-state index in [0.29, 0.717) is 16.3 Å². The van der Waals surface area contributed by atoms with E-state index in [4.69, 9.17) is 4.52 Å². The lowest BCUT2D eigenvalue weighted by Crippen LogP contribution is -2.14. The number of thioether (sulfide) groups is 1. The highest BCUT2D eigenvalue weighted by Crippen LogP contribution is 2.27. The highest BCUT2D eigenvalue weighted by atomic mass is 32.2. The molecule has 0 unspecified atom stereocenters. The minimum Gasteiger partial charge on any atom is -0.361 e. The third-order valence-electron chi connectivity index (χ3n) is 4.27. The van der Waals surface area contributed by atoms with Gasteiger partial charge in [0.15, 0.2) is 0 Å². The van der Waals surface area contributed by atoms with Crippen molar-refractivity contribution in [3.05, 3.63) is 77.4 Å². The second-order valence-corrected chi connectivity index (χ2v) is 7.32. The number of benzene rings is 1. The number of hydrogen-bond donors (Lipinski definition) is 1. The summed E-state index contributed by atoms with van der Waals surface area (Å²) in [5, 5.41) is 8.55. The quantitative estimate of drug-likeness (QED) is 0.494. The van der Waals surface area contributed by atoms with Gasteiger partial charge in [0.25, 0.3) is 5.91 Å². The number of anilines is 1. The Bertz CT molecular complexity index is 1160. The van der Waals surface area contributed by atoms with Crippen LogP contribution in [-0.2, 0) is 5.75 Å². The Morgan fingerprint density at radius 1 is 1.11 bits per heavy atom. The molecule has 3 heterocycles. The van der Waals surface area contributed by atoms with Crippen molar-refractivity contribution < 1.29 is 9.32 Å². The summed E-state index contributed by atoms with van der Waals surface area (Å²) < 4.78 is 5.09. The molecule has 6 nitrogen and oxygen atoms in total. The van der Waals surface area contributed by atoms with Gasteiger partial charge in [0.1, 0.15) is 10.8 Å². The molecular weight excluding hydrogens is 372 g/mol.